The smallest absolute Gasteiger partial charge is 0.340 e. The molecule has 0 spiro atoms. The summed E-state index contributed by atoms with van der Waals surface area (Å²) >= 11 is 0. The fraction of sp³-hybridized carbons (Fsp3) is 0.389. The summed E-state index contributed by atoms with van der Waals surface area (Å²) in [4.78, 5) is 37.8. The molecule has 2 amide bonds. The predicted molar refractivity (Wildman–Crippen MR) is 93.6 cm³/mol. The molecule has 2 aromatic rings. The van der Waals surface area contributed by atoms with Gasteiger partial charge in [-0.1, -0.05) is 0 Å². The Morgan fingerprint density at radius 1 is 1.23 bits per heavy atom. The van der Waals surface area contributed by atoms with Crippen LogP contribution < -0.4 is 20.4 Å². The van der Waals surface area contributed by atoms with Crippen molar-refractivity contribution in [1.29, 1.82) is 0 Å². The molecule has 138 valence electrons. The summed E-state index contributed by atoms with van der Waals surface area (Å²) in [6.07, 6.45) is -0.119. The normalized spacial score (nSPS) is 14.3. The van der Waals surface area contributed by atoms with Crippen LogP contribution >= 0.6 is 0 Å². The molecule has 1 saturated heterocycles. The summed E-state index contributed by atoms with van der Waals surface area (Å²) < 4.78 is 15.9. The summed E-state index contributed by atoms with van der Waals surface area (Å²) in [6.45, 7) is 2.60. The lowest BCUT2D eigenvalue weighted by Gasteiger charge is -2.26. The van der Waals surface area contributed by atoms with Crippen LogP contribution in [0.4, 0.5) is 0 Å². The molecule has 0 saturated carbocycles. The molecule has 1 aliphatic rings. The Kier molecular flexibility index (Phi) is 4.83. The molecular formula is C18H20N2O6. The van der Waals surface area contributed by atoms with Crippen LogP contribution in [0, 0.1) is 6.92 Å². The van der Waals surface area contributed by atoms with Gasteiger partial charge in [0.2, 0.25) is 11.8 Å². The minimum atomic E-state index is -0.572. The second-order valence-electron chi connectivity index (χ2n) is 6.04. The van der Waals surface area contributed by atoms with Gasteiger partial charge in [0, 0.05) is 24.5 Å². The number of ether oxygens (including phenoxy) is 2. The number of methoxy groups -OCH3 is 2. The van der Waals surface area contributed by atoms with Crippen LogP contribution in [-0.2, 0) is 16.0 Å². The Morgan fingerprint density at radius 3 is 2.58 bits per heavy atom. The predicted octanol–water partition coefficient (Wildman–Crippen LogP) is 0.620. The van der Waals surface area contributed by atoms with Gasteiger partial charge < -0.3 is 24.1 Å². The number of piperazine rings is 1. The summed E-state index contributed by atoms with van der Waals surface area (Å²) in [7, 11) is 3.01. The van der Waals surface area contributed by atoms with E-state index in [1.807, 2.05) is 0 Å². The molecule has 1 aliphatic heterocycles. The maximum absolute atomic E-state index is 12.5. The Labute approximate surface area is 149 Å². The average Bonchev–Trinajstić information content (AvgIpc) is 2.64. The number of carbonyl (C=O) groups excluding carboxylic acids is 2. The monoisotopic (exact) mass is 360 g/mol. The van der Waals surface area contributed by atoms with Gasteiger partial charge in [0.25, 0.3) is 0 Å². The van der Waals surface area contributed by atoms with E-state index >= 15 is 0 Å². The highest BCUT2D eigenvalue weighted by Gasteiger charge is 2.24. The summed E-state index contributed by atoms with van der Waals surface area (Å²) in [5, 5.41) is 3.33. The van der Waals surface area contributed by atoms with Gasteiger partial charge in [-0.15, -0.1) is 0 Å². The Bertz CT molecular complexity index is 933. The number of hydrogen-bond donors (Lipinski definition) is 1. The molecule has 8 heteroatoms. The van der Waals surface area contributed by atoms with Crippen LogP contribution in [0.2, 0.25) is 0 Å². The van der Waals surface area contributed by atoms with Crippen molar-refractivity contribution in [2.75, 3.05) is 33.9 Å². The third-order valence-corrected chi connectivity index (χ3v) is 4.51. The van der Waals surface area contributed by atoms with Gasteiger partial charge in [-0.25, -0.2) is 4.79 Å². The van der Waals surface area contributed by atoms with Gasteiger partial charge in [0.15, 0.2) is 11.5 Å². The van der Waals surface area contributed by atoms with Crippen LogP contribution in [0.1, 0.15) is 11.1 Å². The Balaban J connectivity index is 1.99. The van der Waals surface area contributed by atoms with Crippen molar-refractivity contribution in [3.63, 3.8) is 0 Å². The van der Waals surface area contributed by atoms with E-state index in [9.17, 15) is 14.4 Å². The molecule has 1 aromatic carbocycles. The van der Waals surface area contributed by atoms with E-state index in [-0.39, 0.29) is 30.3 Å². The van der Waals surface area contributed by atoms with Gasteiger partial charge in [-0.05, 0) is 18.6 Å². The molecule has 2 heterocycles. The SMILES string of the molecule is COc1cc2oc(=O)c(CC(=O)N3CCNC(=O)C3)c(C)c2cc1OC. The number of rotatable bonds is 4. The fourth-order valence-corrected chi connectivity index (χ4v) is 3.03. The molecule has 0 aliphatic carbocycles. The van der Waals surface area contributed by atoms with Crippen molar-refractivity contribution in [3.05, 3.63) is 33.7 Å². The van der Waals surface area contributed by atoms with Crippen molar-refractivity contribution in [3.8, 4) is 11.5 Å². The van der Waals surface area contributed by atoms with Crippen molar-refractivity contribution in [2.45, 2.75) is 13.3 Å². The largest absolute Gasteiger partial charge is 0.493 e. The van der Waals surface area contributed by atoms with E-state index in [0.717, 1.165) is 0 Å². The zero-order chi connectivity index (χ0) is 18.8. The standard InChI is InChI=1S/C18H20N2O6/c1-10-11-6-14(24-2)15(25-3)8-13(11)26-18(23)12(10)7-17(22)20-5-4-19-16(21)9-20/h6,8H,4-5,7,9H2,1-3H3,(H,19,21). The summed E-state index contributed by atoms with van der Waals surface area (Å²) in [5.41, 5.74) is 0.712. The maximum atomic E-state index is 12.5. The molecule has 8 nitrogen and oxygen atoms in total. The van der Waals surface area contributed by atoms with Crippen LogP contribution in [0.15, 0.2) is 21.3 Å². The van der Waals surface area contributed by atoms with Crippen molar-refractivity contribution in [1.82, 2.24) is 10.2 Å². The molecule has 1 N–H and O–H groups in total. The van der Waals surface area contributed by atoms with Gasteiger partial charge in [-0.2, -0.15) is 0 Å². The van der Waals surface area contributed by atoms with Gasteiger partial charge >= 0.3 is 5.63 Å². The third-order valence-electron chi connectivity index (χ3n) is 4.51. The zero-order valence-corrected chi connectivity index (χ0v) is 14.9. The van der Waals surface area contributed by atoms with Crippen LogP contribution in [0.3, 0.4) is 0 Å². The minimum Gasteiger partial charge on any atom is -0.493 e. The lowest BCUT2D eigenvalue weighted by molar-refractivity contribution is -0.137. The van der Waals surface area contributed by atoms with Crippen LogP contribution in [0.25, 0.3) is 11.0 Å². The first kappa shape index (κ1) is 17.8. The highest BCUT2D eigenvalue weighted by atomic mass is 16.5. The minimum absolute atomic E-state index is 0.00180. The second kappa shape index (κ2) is 7.07. The number of carbonyl (C=O) groups is 2. The van der Waals surface area contributed by atoms with E-state index in [2.05, 4.69) is 5.32 Å². The van der Waals surface area contributed by atoms with Crippen LogP contribution in [-0.4, -0.2) is 50.6 Å². The first-order chi connectivity index (χ1) is 12.4. The molecule has 1 aromatic heterocycles. The summed E-state index contributed by atoms with van der Waals surface area (Å²) in [5.74, 6) is 0.464. The number of nitrogens with one attached hydrogen (secondary N) is 1. The number of amides is 2. The molecular weight excluding hydrogens is 340 g/mol. The number of nitrogens with zero attached hydrogens (tertiary/aromatic N) is 1. The molecule has 0 atom stereocenters. The first-order valence-electron chi connectivity index (χ1n) is 8.17. The molecule has 26 heavy (non-hydrogen) atoms. The van der Waals surface area contributed by atoms with Crippen molar-refractivity contribution >= 4 is 22.8 Å². The zero-order valence-electron chi connectivity index (χ0n) is 14.9. The first-order valence-corrected chi connectivity index (χ1v) is 8.17. The summed E-state index contributed by atoms with van der Waals surface area (Å²) in [6, 6.07) is 3.30. The number of benzene rings is 1. The molecule has 0 radical (unpaired) electrons. The molecule has 1 fully saturated rings. The van der Waals surface area contributed by atoms with E-state index < -0.39 is 5.63 Å². The maximum Gasteiger partial charge on any atom is 0.340 e. The van der Waals surface area contributed by atoms with Crippen molar-refractivity contribution in [2.24, 2.45) is 0 Å². The highest BCUT2D eigenvalue weighted by Crippen LogP contribution is 2.33. The number of hydrogen-bond acceptors (Lipinski definition) is 6. The van der Waals surface area contributed by atoms with Gasteiger partial charge in [-0.3, -0.25) is 9.59 Å². The van der Waals surface area contributed by atoms with Gasteiger partial charge in [0.1, 0.15) is 5.58 Å². The second-order valence-corrected chi connectivity index (χ2v) is 6.04. The van der Waals surface area contributed by atoms with Gasteiger partial charge in [0.05, 0.1) is 32.7 Å². The van der Waals surface area contributed by atoms with Crippen molar-refractivity contribution < 1.29 is 23.5 Å². The van der Waals surface area contributed by atoms with E-state index in [4.69, 9.17) is 13.9 Å². The quantitative estimate of drug-likeness (QED) is 0.803. The average molecular weight is 360 g/mol. The Hall–Kier alpha value is -3.03. The third kappa shape index (κ3) is 3.22. The number of aryl methyl sites for hydroxylation is 1. The topological polar surface area (TPSA) is 98.1 Å². The van der Waals surface area contributed by atoms with E-state index in [1.165, 1.54) is 19.1 Å². The number of fused-ring (bicyclic) bond motifs is 1. The Morgan fingerprint density at radius 2 is 1.92 bits per heavy atom. The highest BCUT2D eigenvalue weighted by molar-refractivity contribution is 5.89. The lowest BCUT2D eigenvalue weighted by Crippen LogP contribution is -2.50. The van der Waals surface area contributed by atoms with E-state index in [0.29, 0.717) is 41.1 Å². The molecule has 0 bridgehead atoms. The molecule has 0 unspecified atom stereocenters. The van der Waals surface area contributed by atoms with Crippen LogP contribution in [0.5, 0.6) is 11.5 Å². The molecule has 3 rings (SSSR count). The fourth-order valence-electron chi connectivity index (χ4n) is 3.03. The van der Waals surface area contributed by atoms with E-state index in [1.54, 1.807) is 19.1 Å². The lowest BCUT2D eigenvalue weighted by atomic mass is 10.0.